The minimum absolute atomic E-state index is 0.159. The minimum Gasteiger partial charge on any atom is -0.495 e. The van der Waals surface area contributed by atoms with Crippen molar-refractivity contribution >= 4 is 15.7 Å². The van der Waals surface area contributed by atoms with Gasteiger partial charge in [0.1, 0.15) is 5.75 Å². The molecule has 2 rings (SSSR count). The lowest BCUT2D eigenvalue weighted by Crippen LogP contribution is -2.26. The topological polar surface area (TPSA) is 72.6 Å². The van der Waals surface area contributed by atoms with Gasteiger partial charge in [-0.05, 0) is 17.7 Å². The SMILES string of the molecule is COc1cc(S(=O)(=O)N(C)Cc2ccccc2)ccc1N. The Kier molecular flexibility index (Phi) is 4.50. The fourth-order valence-electron chi connectivity index (χ4n) is 1.96. The summed E-state index contributed by atoms with van der Waals surface area (Å²) in [5, 5.41) is 0. The van der Waals surface area contributed by atoms with Gasteiger partial charge in [0.15, 0.2) is 0 Å². The lowest BCUT2D eigenvalue weighted by Gasteiger charge is -2.18. The molecule has 2 aromatic rings. The zero-order valence-corrected chi connectivity index (χ0v) is 12.8. The first-order chi connectivity index (χ1) is 9.95. The lowest BCUT2D eigenvalue weighted by molar-refractivity contribution is 0.414. The zero-order valence-electron chi connectivity index (χ0n) is 12.0. The Labute approximate surface area is 125 Å². The van der Waals surface area contributed by atoms with E-state index in [4.69, 9.17) is 10.5 Å². The van der Waals surface area contributed by atoms with E-state index in [1.165, 1.54) is 29.6 Å². The monoisotopic (exact) mass is 306 g/mol. The molecule has 5 nitrogen and oxygen atoms in total. The smallest absolute Gasteiger partial charge is 0.243 e. The Morgan fingerprint density at radius 3 is 2.43 bits per heavy atom. The summed E-state index contributed by atoms with van der Waals surface area (Å²) in [4.78, 5) is 0.159. The second-order valence-electron chi connectivity index (χ2n) is 4.65. The minimum atomic E-state index is -3.59. The van der Waals surface area contributed by atoms with E-state index in [9.17, 15) is 8.42 Å². The van der Waals surface area contributed by atoms with Gasteiger partial charge in [-0.3, -0.25) is 0 Å². The van der Waals surface area contributed by atoms with Gasteiger partial charge in [-0.25, -0.2) is 8.42 Å². The number of hydrogen-bond acceptors (Lipinski definition) is 4. The molecule has 0 amide bonds. The third-order valence-electron chi connectivity index (χ3n) is 3.16. The highest BCUT2D eigenvalue weighted by molar-refractivity contribution is 7.89. The number of sulfonamides is 1. The fourth-order valence-corrected chi connectivity index (χ4v) is 3.13. The van der Waals surface area contributed by atoms with Crippen molar-refractivity contribution in [3.8, 4) is 5.75 Å². The van der Waals surface area contributed by atoms with Crippen LogP contribution in [0.15, 0.2) is 53.4 Å². The third-order valence-corrected chi connectivity index (χ3v) is 4.96. The second-order valence-corrected chi connectivity index (χ2v) is 6.70. The summed E-state index contributed by atoms with van der Waals surface area (Å²) in [5.74, 6) is 0.351. The van der Waals surface area contributed by atoms with Crippen LogP contribution >= 0.6 is 0 Å². The van der Waals surface area contributed by atoms with Crippen LogP contribution in [0.2, 0.25) is 0 Å². The van der Waals surface area contributed by atoms with Crippen LogP contribution in [0, 0.1) is 0 Å². The standard InChI is InChI=1S/C15H18N2O3S/c1-17(11-12-6-4-3-5-7-12)21(18,19)13-8-9-14(16)15(10-13)20-2/h3-10H,11,16H2,1-2H3. The van der Waals surface area contributed by atoms with E-state index >= 15 is 0 Å². The van der Waals surface area contributed by atoms with Crippen LogP contribution in [0.4, 0.5) is 5.69 Å². The van der Waals surface area contributed by atoms with E-state index in [1.807, 2.05) is 30.3 Å². The molecule has 6 heteroatoms. The predicted octanol–water partition coefficient (Wildman–Crippen LogP) is 2.10. The molecular formula is C15H18N2O3S. The van der Waals surface area contributed by atoms with Crippen LogP contribution in [0.5, 0.6) is 5.75 Å². The highest BCUT2D eigenvalue weighted by Gasteiger charge is 2.22. The first kappa shape index (κ1) is 15.3. The summed E-state index contributed by atoms with van der Waals surface area (Å²) in [6.45, 7) is 0.301. The van der Waals surface area contributed by atoms with Crippen LogP contribution < -0.4 is 10.5 Å². The van der Waals surface area contributed by atoms with Crippen molar-refractivity contribution in [2.24, 2.45) is 0 Å². The molecule has 0 aliphatic heterocycles. The van der Waals surface area contributed by atoms with Crippen LogP contribution in [-0.4, -0.2) is 26.9 Å². The van der Waals surface area contributed by atoms with Gasteiger partial charge in [-0.1, -0.05) is 30.3 Å². The molecule has 0 aliphatic carbocycles. The van der Waals surface area contributed by atoms with Crippen molar-refractivity contribution in [3.63, 3.8) is 0 Å². The average molecular weight is 306 g/mol. The molecule has 112 valence electrons. The Morgan fingerprint density at radius 2 is 1.81 bits per heavy atom. The Hall–Kier alpha value is -2.05. The summed E-state index contributed by atoms with van der Waals surface area (Å²) >= 11 is 0. The normalized spacial score (nSPS) is 11.6. The van der Waals surface area contributed by atoms with Gasteiger partial charge in [0, 0.05) is 19.7 Å². The molecular weight excluding hydrogens is 288 g/mol. The molecule has 21 heavy (non-hydrogen) atoms. The molecule has 0 unspecified atom stereocenters. The van der Waals surface area contributed by atoms with Gasteiger partial charge in [-0.15, -0.1) is 0 Å². The Morgan fingerprint density at radius 1 is 1.14 bits per heavy atom. The Balaban J connectivity index is 2.29. The lowest BCUT2D eigenvalue weighted by atomic mass is 10.2. The number of nitrogen functional groups attached to an aromatic ring is 1. The van der Waals surface area contributed by atoms with E-state index in [-0.39, 0.29) is 4.90 Å². The molecule has 0 aromatic heterocycles. The van der Waals surface area contributed by atoms with Crippen LogP contribution in [0.1, 0.15) is 5.56 Å². The van der Waals surface area contributed by atoms with E-state index in [0.717, 1.165) is 5.56 Å². The molecule has 0 atom stereocenters. The van der Waals surface area contributed by atoms with Crippen molar-refractivity contribution in [2.45, 2.75) is 11.4 Å². The van der Waals surface area contributed by atoms with Gasteiger partial charge in [0.25, 0.3) is 0 Å². The summed E-state index contributed by atoms with van der Waals surface area (Å²) < 4.78 is 31.5. The largest absolute Gasteiger partial charge is 0.495 e. The summed E-state index contributed by atoms with van der Waals surface area (Å²) in [6.07, 6.45) is 0. The Bertz CT molecular complexity index is 715. The van der Waals surface area contributed by atoms with Gasteiger partial charge < -0.3 is 10.5 Å². The van der Waals surface area contributed by atoms with Crippen LogP contribution in [-0.2, 0) is 16.6 Å². The van der Waals surface area contributed by atoms with Gasteiger partial charge in [0.2, 0.25) is 10.0 Å². The molecule has 0 saturated carbocycles. The van der Waals surface area contributed by atoms with Crippen molar-refractivity contribution in [1.29, 1.82) is 0 Å². The number of nitrogens with two attached hydrogens (primary N) is 1. The highest BCUT2D eigenvalue weighted by Crippen LogP contribution is 2.26. The molecule has 0 fully saturated rings. The number of hydrogen-bond donors (Lipinski definition) is 1. The third kappa shape index (κ3) is 3.34. The zero-order chi connectivity index (χ0) is 15.5. The van der Waals surface area contributed by atoms with Crippen molar-refractivity contribution in [2.75, 3.05) is 19.9 Å². The number of nitrogens with zero attached hydrogens (tertiary/aromatic N) is 1. The molecule has 0 spiro atoms. The molecule has 0 aliphatic rings. The maximum absolute atomic E-state index is 12.5. The van der Waals surface area contributed by atoms with E-state index in [2.05, 4.69) is 0 Å². The van der Waals surface area contributed by atoms with E-state index in [1.54, 1.807) is 7.05 Å². The van der Waals surface area contributed by atoms with Gasteiger partial charge in [-0.2, -0.15) is 4.31 Å². The number of anilines is 1. The maximum atomic E-state index is 12.5. The van der Waals surface area contributed by atoms with Gasteiger partial charge in [0.05, 0.1) is 17.7 Å². The second kappa shape index (κ2) is 6.15. The number of methoxy groups -OCH3 is 1. The highest BCUT2D eigenvalue weighted by atomic mass is 32.2. The molecule has 0 bridgehead atoms. The molecule has 2 N–H and O–H groups in total. The van der Waals surface area contributed by atoms with Gasteiger partial charge >= 0.3 is 0 Å². The van der Waals surface area contributed by atoms with Crippen molar-refractivity contribution in [3.05, 3.63) is 54.1 Å². The van der Waals surface area contributed by atoms with E-state index in [0.29, 0.717) is 18.0 Å². The first-order valence-electron chi connectivity index (χ1n) is 6.39. The predicted molar refractivity (Wildman–Crippen MR) is 82.5 cm³/mol. The summed E-state index contributed by atoms with van der Waals surface area (Å²) in [5.41, 5.74) is 7.04. The summed E-state index contributed by atoms with van der Waals surface area (Å²) in [6, 6.07) is 13.9. The fraction of sp³-hybridized carbons (Fsp3) is 0.200. The van der Waals surface area contributed by atoms with Crippen LogP contribution in [0.25, 0.3) is 0 Å². The van der Waals surface area contributed by atoms with Crippen LogP contribution in [0.3, 0.4) is 0 Å². The average Bonchev–Trinajstić information content (AvgIpc) is 2.48. The number of benzene rings is 2. The van der Waals surface area contributed by atoms with E-state index < -0.39 is 10.0 Å². The van der Waals surface area contributed by atoms with Crippen molar-refractivity contribution in [1.82, 2.24) is 4.31 Å². The molecule has 0 heterocycles. The molecule has 0 radical (unpaired) electrons. The first-order valence-corrected chi connectivity index (χ1v) is 7.83. The molecule has 0 saturated heterocycles. The quantitative estimate of drug-likeness (QED) is 0.859. The summed E-state index contributed by atoms with van der Waals surface area (Å²) in [7, 11) is -0.588. The number of ether oxygens (including phenoxy) is 1. The molecule has 2 aromatic carbocycles. The number of rotatable bonds is 5. The maximum Gasteiger partial charge on any atom is 0.243 e. The van der Waals surface area contributed by atoms with Crippen molar-refractivity contribution < 1.29 is 13.2 Å².